The predicted molar refractivity (Wildman–Crippen MR) is 82.8 cm³/mol. The molecule has 1 aromatic rings. The molecular formula is C17H23NO4. The molecule has 0 aliphatic carbocycles. The highest BCUT2D eigenvalue weighted by Crippen LogP contribution is 2.21. The molecule has 2 N–H and O–H groups in total. The molecule has 1 amide bonds. The first-order valence-electron chi connectivity index (χ1n) is 7.61. The van der Waals surface area contributed by atoms with Crippen LogP contribution >= 0.6 is 0 Å². The summed E-state index contributed by atoms with van der Waals surface area (Å²) in [7, 11) is 0. The van der Waals surface area contributed by atoms with Crippen molar-refractivity contribution in [2.75, 3.05) is 13.2 Å². The molecule has 0 bridgehead atoms. The third-order valence-corrected chi connectivity index (χ3v) is 4.25. The van der Waals surface area contributed by atoms with Crippen molar-refractivity contribution in [3.05, 3.63) is 34.9 Å². The van der Waals surface area contributed by atoms with E-state index in [-0.39, 0.29) is 5.91 Å². The van der Waals surface area contributed by atoms with Gasteiger partial charge in [0, 0.05) is 32.5 Å². The van der Waals surface area contributed by atoms with E-state index in [2.05, 4.69) is 11.4 Å². The second-order valence-electron chi connectivity index (χ2n) is 5.98. The number of nitrogens with one attached hydrogen (secondary N) is 1. The molecule has 0 aromatic heterocycles. The van der Waals surface area contributed by atoms with Crippen LogP contribution in [0.25, 0.3) is 0 Å². The van der Waals surface area contributed by atoms with Crippen molar-refractivity contribution in [2.45, 2.75) is 45.1 Å². The van der Waals surface area contributed by atoms with Crippen LogP contribution in [0.2, 0.25) is 0 Å². The van der Waals surface area contributed by atoms with Crippen molar-refractivity contribution in [3.63, 3.8) is 0 Å². The van der Waals surface area contributed by atoms with Gasteiger partial charge in [-0.15, -0.1) is 0 Å². The Labute approximate surface area is 130 Å². The van der Waals surface area contributed by atoms with E-state index >= 15 is 0 Å². The lowest BCUT2D eigenvalue weighted by Crippen LogP contribution is -2.57. The van der Waals surface area contributed by atoms with E-state index in [1.807, 2.05) is 26.0 Å². The van der Waals surface area contributed by atoms with Crippen molar-refractivity contribution in [1.82, 2.24) is 5.32 Å². The standard InChI is InChI=1S/C17H23NO4/c1-12-3-4-14(13(2)11-12)5-6-15(19)18-17(16(20)21)7-9-22-10-8-17/h3-4,11H,5-10H2,1-2H3,(H,18,19)(H,20,21). The molecule has 1 heterocycles. The number of rotatable bonds is 5. The number of amides is 1. The lowest BCUT2D eigenvalue weighted by Gasteiger charge is -2.33. The van der Waals surface area contributed by atoms with Crippen LogP contribution in [0.4, 0.5) is 0 Å². The molecule has 1 aliphatic rings. The normalized spacial score (nSPS) is 17.0. The highest BCUT2D eigenvalue weighted by Gasteiger charge is 2.41. The molecule has 1 saturated heterocycles. The molecular weight excluding hydrogens is 282 g/mol. The first kappa shape index (κ1) is 16.5. The van der Waals surface area contributed by atoms with Gasteiger partial charge in [-0.2, -0.15) is 0 Å². The molecule has 1 aliphatic heterocycles. The Kier molecular flexibility index (Phi) is 5.19. The molecule has 0 saturated carbocycles. The summed E-state index contributed by atoms with van der Waals surface area (Å²) in [6, 6.07) is 6.14. The van der Waals surface area contributed by atoms with Gasteiger partial charge in [-0.3, -0.25) is 4.79 Å². The topological polar surface area (TPSA) is 75.6 Å². The molecule has 1 fully saturated rings. The lowest BCUT2D eigenvalue weighted by atomic mass is 9.89. The van der Waals surface area contributed by atoms with E-state index in [1.165, 1.54) is 5.56 Å². The quantitative estimate of drug-likeness (QED) is 0.872. The first-order chi connectivity index (χ1) is 10.4. The van der Waals surface area contributed by atoms with Gasteiger partial charge in [0.1, 0.15) is 5.54 Å². The Morgan fingerprint density at radius 1 is 1.27 bits per heavy atom. The monoisotopic (exact) mass is 305 g/mol. The molecule has 0 radical (unpaired) electrons. The van der Waals surface area contributed by atoms with E-state index < -0.39 is 11.5 Å². The maximum atomic E-state index is 12.2. The van der Waals surface area contributed by atoms with Crippen molar-refractivity contribution in [3.8, 4) is 0 Å². The molecule has 5 nitrogen and oxygen atoms in total. The number of aliphatic carboxylic acids is 1. The molecule has 5 heteroatoms. The van der Waals surface area contributed by atoms with Crippen LogP contribution in [-0.4, -0.2) is 35.7 Å². The zero-order chi connectivity index (χ0) is 16.2. The molecule has 2 rings (SSSR count). The molecule has 1 aromatic carbocycles. The maximum Gasteiger partial charge on any atom is 0.329 e. The summed E-state index contributed by atoms with van der Waals surface area (Å²) in [5.74, 6) is -1.19. The van der Waals surface area contributed by atoms with Gasteiger partial charge in [-0.25, -0.2) is 4.79 Å². The van der Waals surface area contributed by atoms with Crippen LogP contribution in [0.5, 0.6) is 0 Å². The predicted octanol–water partition coefficient (Wildman–Crippen LogP) is 1.99. The van der Waals surface area contributed by atoms with Crippen LogP contribution in [-0.2, 0) is 20.7 Å². The maximum absolute atomic E-state index is 12.2. The van der Waals surface area contributed by atoms with Crippen LogP contribution in [0.15, 0.2) is 18.2 Å². The summed E-state index contributed by atoms with van der Waals surface area (Å²) in [5.41, 5.74) is 2.30. The number of carboxylic acids is 1. The first-order valence-corrected chi connectivity index (χ1v) is 7.61. The minimum absolute atomic E-state index is 0.218. The minimum atomic E-state index is -1.17. The van der Waals surface area contributed by atoms with Crippen LogP contribution in [0, 0.1) is 13.8 Å². The Morgan fingerprint density at radius 2 is 1.95 bits per heavy atom. The van der Waals surface area contributed by atoms with Crippen molar-refractivity contribution < 1.29 is 19.4 Å². The van der Waals surface area contributed by atoms with Crippen LogP contribution in [0.1, 0.15) is 36.0 Å². The lowest BCUT2D eigenvalue weighted by molar-refractivity contribution is -0.152. The highest BCUT2D eigenvalue weighted by atomic mass is 16.5. The number of carboxylic acid groups (broad SMARTS) is 1. The number of hydrogen-bond acceptors (Lipinski definition) is 3. The molecule has 120 valence electrons. The average molecular weight is 305 g/mol. The fourth-order valence-corrected chi connectivity index (χ4v) is 2.82. The summed E-state index contributed by atoms with van der Waals surface area (Å²) in [4.78, 5) is 23.7. The Hall–Kier alpha value is -1.88. The Balaban J connectivity index is 1.95. The summed E-state index contributed by atoms with van der Waals surface area (Å²) in [5, 5.41) is 12.1. The van der Waals surface area contributed by atoms with Crippen molar-refractivity contribution in [2.24, 2.45) is 0 Å². The van der Waals surface area contributed by atoms with Gasteiger partial charge < -0.3 is 15.2 Å². The van der Waals surface area contributed by atoms with Crippen LogP contribution in [0.3, 0.4) is 0 Å². The molecule has 22 heavy (non-hydrogen) atoms. The largest absolute Gasteiger partial charge is 0.480 e. The molecule has 0 spiro atoms. The van der Waals surface area contributed by atoms with Gasteiger partial charge >= 0.3 is 5.97 Å². The number of carbonyl (C=O) groups is 2. The number of carbonyl (C=O) groups excluding carboxylic acids is 1. The Bertz CT molecular complexity index is 562. The fraction of sp³-hybridized carbons (Fsp3) is 0.529. The number of ether oxygens (including phenoxy) is 1. The second kappa shape index (κ2) is 6.92. The Morgan fingerprint density at radius 3 is 2.55 bits per heavy atom. The van der Waals surface area contributed by atoms with Crippen LogP contribution < -0.4 is 5.32 Å². The number of hydrogen-bond donors (Lipinski definition) is 2. The number of aryl methyl sites for hydroxylation is 3. The van der Waals surface area contributed by atoms with E-state index in [9.17, 15) is 14.7 Å². The molecule has 0 unspecified atom stereocenters. The van der Waals surface area contributed by atoms with Gasteiger partial charge in [0.05, 0.1) is 0 Å². The van der Waals surface area contributed by atoms with E-state index in [0.717, 1.165) is 11.1 Å². The SMILES string of the molecule is Cc1ccc(CCC(=O)NC2(C(=O)O)CCOCC2)c(C)c1. The average Bonchev–Trinajstić information content (AvgIpc) is 2.47. The van der Waals surface area contributed by atoms with Gasteiger partial charge in [0.2, 0.25) is 5.91 Å². The summed E-state index contributed by atoms with van der Waals surface area (Å²) >= 11 is 0. The highest BCUT2D eigenvalue weighted by molar-refractivity contribution is 5.87. The van der Waals surface area contributed by atoms with E-state index in [1.54, 1.807) is 0 Å². The van der Waals surface area contributed by atoms with E-state index in [4.69, 9.17) is 4.74 Å². The zero-order valence-corrected chi connectivity index (χ0v) is 13.1. The van der Waals surface area contributed by atoms with Gasteiger partial charge in [-0.1, -0.05) is 23.8 Å². The van der Waals surface area contributed by atoms with Crippen molar-refractivity contribution >= 4 is 11.9 Å². The smallest absolute Gasteiger partial charge is 0.329 e. The third kappa shape index (κ3) is 3.85. The fourth-order valence-electron chi connectivity index (χ4n) is 2.82. The minimum Gasteiger partial charge on any atom is -0.480 e. The van der Waals surface area contributed by atoms with Gasteiger partial charge in [-0.05, 0) is 31.4 Å². The summed E-state index contributed by atoms with van der Waals surface area (Å²) in [6.07, 6.45) is 1.54. The molecule has 0 atom stereocenters. The third-order valence-electron chi connectivity index (χ3n) is 4.25. The van der Waals surface area contributed by atoms with Gasteiger partial charge in [0.15, 0.2) is 0 Å². The van der Waals surface area contributed by atoms with Crippen molar-refractivity contribution in [1.29, 1.82) is 0 Å². The number of benzene rings is 1. The van der Waals surface area contributed by atoms with E-state index in [0.29, 0.717) is 38.9 Å². The zero-order valence-electron chi connectivity index (χ0n) is 13.1. The summed E-state index contributed by atoms with van der Waals surface area (Å²) < 4.78 is 5.20. The summed E-state index contributed by atoms with van der Waals surface area (Å²) in [6.45, 7) is 4.79. The van der Waals surface area contributed by atoms with Gasteiger partial charge in [0.25, 0.3) is 0 Å². The second-order valence-corrected chi connectivity index (χ2v) is 5.98.